The molecule has 0 amide bonds. The van der Waals surface area contributed by atoms with Crippen LogP contribution in [0.2, 0.25) is 0 Å². The van der Waals surface area contributed by atoms with Gasteiger partial charge in [-0.25, -0.2) is 4.39 Å². The average Bonchev–Trinajstić information content (AvgIpc) is 2.51. The van der Waals surface area contributed by atoms with E-state index in [-0.39, 0.29) is 5.82 Å². The topological polar surface area (TPSA) is 23.8 Å². The minimum absolute atomic E-state index is 0.196. The minimum atomic E-state index is -0.196. The summed E-state index contributed by atoms with van der Waals surface area (Å²) in [5.74, 6) is -0.196. The van der Waals surface area contributed by atoms with Crippen molar-refractivity contribution < 1.29 is 4.39 Å². The Morgan fingerprint density at radius 1 is 1.47 bits per heavy atom. The lowest BCUT2D eigenvalue weighted by molar-refractivity contribution is 0.627. The molecule has 0 aromatic heterocycles. The van der Waals surface area contributed by atoms with E-state index in [0.717, 1.165) is 24.0 Å². The molecule has 0 atom stereocenters. The fourth-order valence-electron chi connectivity index (χ4n) is 2.13. The van der Waals surface area contributed by atoms with E-state index in [9.17, 15) is 4.39 Å². The number of halogens is 1. The first-order chi connectivity index (χ1) is 7.22. The van der Waals surface area contributed by atoms with Gasteiger partial charge in [0, 0.05) is 6.42 Å². The zero-order valence-corrected chi connectivity index (χ0v) is 8.68. The zero-order chi connectivity index (χ0) is 10.8. The molecule has 0 heterocycles. The smallest absolute Gasteiger partial charge is 0.123 e. The molecule has 0 radical (unpaired) electrons. The molecule has 0 aliphatic heterocycles. The lowest BCUT2D eigenvalue weighted by atomic mass is 10.0. The monoisotopic (exact) mass is 201 g/mol. The van der Waals surface area contributed by atoms with E-state index < -0.39 is 0 Å². The molecule has 1 aromatic rings. The van der Waals surface area contributed by atoms with Gasteiger partial charge in [0.1, 0.15) is 5.82 Å². The van der Waals surface area contributed by atoms with E-state index in [2.05, 4.69) is 13.0 Å². The van der Waals surface area contributed by atoms with E-state index in [1.165, 1.54) is 17.2 Å². The van der Waals surface area contributed by atoms with E-state index in [4.69, 9.17) is 5.26 Å². The molecule has 2 heteroatoms. The molecule has 15 heavy (non-hydrogen) atoms. The van der Waals surface area contributed by atoms with Crippen LogP contribution in [0, 0.1) is 17.1 Å². The summed E-state index contributed by atoms with van der Waals surface area (Å²) < 4.78 is 13.1. The molecule has 1 nitrogen and oxygen atoms in total. The molecule has 1 aliphatic rings. The Morgan fingerprint density at radius 3 is 3.00 bits per heavy atom. The Hall–Kier alpha value is -1.62. The van der Waals surface area contributed by atoms with Crippen molar-refractivity contribution in [2.75, 3.05) is 0 Å². The second kappa shape index (κ2) is 3.86. The maximum atomic E-state index is 13.1. The number of benzene rings is 1. The van der Waals surface area contributed by atoms with Crippen LogP contribution >= 0.6 is 0 Å². The number of fused-ring (bicyclic) bond motifs is 1. The van der Waals surface area contributed by atoms with Gasteiger partial charge in [0.2, 0.25) is 0 Å². The van der Waals surface area contributed by atoms with Crippen LogP contribution in [0.25, 0.3) is 5.57 Å². The molecule has 1 aromatic carbocycles. The summed E-state index contributed by atoms with van der Waals surface area (Å²) in [7, 11) is 0. The lowest BCUT2D eigenvalue weighted by Crippen LogP contribution is -1.86. The highest BCUT2D eigenvalue weighted by Gasteiger charge is 2.18. The van der Waals surface area contributed by atoms with Gasteiger partial charge in [-0.3, -0.25) is 0 Å². The number of nitriles is 1. The Bertz CT molecular complexity index is 466. The van der Waals surface area contributed by atoms with Gasteiger partial charge in [-0.05, 0) is 48.6 Å². The normalized spacial score (nSPS) is 13.9. The highest BCUT2D eigenvalue weighted by molar-refractivity contribution is 5.76. The van der Waals surface area contributed by atoms with Crippen molar-refractivity contribution in [2.24, 2.45) is 0 Å². The Balaban J connectivity index is 2.37. The summed E-state index contributed by atoms with van der Waals surface area (Å²) in [5.41, 5.74) is 4.61. The van der Waals surface area contributed by atoms with E-state index >= 15 is 0 Å². The van der Waals surface area contributed by atoms with Crippen LogP contribution in [0.15, 0.2) is 23.8 Å². The van der Waals surface area contributed by atoms with Gasteiger partial charge in [0.25, 0.3) is 0 Å². The van der Waals surface area contributed by atoms with Crippen molar-refractivity contribution in [3.8, 4) is 6.07 Å². The first kappa shape index (κ1) is 9.92. The van der Waals surface area contributed by atoms with Gasteiger partial charge in [0.15, 0.2) is 0 Å². The molecule has 0 spiro atoms. The number of rotatable bonds is 2. The fraction of sp³-hybridized carbons (Fsp3) is 0.308. The fourth-order valence-corrected chi connectivity index (χ4v) is 2.13. The minimum Gasteiger partial charge on any atom is -0.207 e. The molecule has 0 unspecified atom stereocenters. The summed E-state index contributed by atoms with van der Waals surface area (Å²) in [4.78, 5) is 0. The Morgan fingerprint density at radius 2 is 2.27 bits per heavy atom. The highest BCUT2D eigenvalue weighted by atomic mass is 19.1. The van der Waals surface area contributed by atoms with Gasteiger partial charge >= 0.3 is 0 Å². The van der Waals surface area contributed by atoms with Crippen molar-refractivity contribution in [2.45, 2.75) is 26.2 Å². The summed E-state index contributed by atoms with van der Waals surface area (Å²) in [6.45, 7) is 2.06. The van der Waals surface area contributed by atoms with E-state index in [1.54, 1.807) is 6.07 Å². The van der Waals surface area contributed by atoms with E-state index in [1.807, 2.05) is 6.07 Å². The van der Waals surface area contributed by atoms with Crippen LogP contribution in [0.4, 0.5) is 4.39 Å². The van der Waals surface area contributed by atoms with Gasteiger partial charge in [0.05, 0.1) is 6.07 Å². The summed E-state index contributed by atoms with van der Waals surface area (Å²) in [6.07, 6.45) is 2.14. The largest absolute Gasteiger partial charge is 0.207 e. The van der Waals surface area contributed by atoms with Gasteiger partial charge in [-0.1, -0.05) is 11.6 Å². The number of hydrogen-bond acceptors (Lipinski definition) is 1. The summed E-state index contributed by atoms with van der Waals surface area (Å²) in [5, 5.41) is 8.57. The maximum absolute atomic E-state index is 13.1. The van der Waals surface area contributed by atoms with Crippen LogP contribution in [0.5, 0.6) is 0 Å². The zero-order valence-electron chi connectivity index (χ0n) is 8.68. The van der Waals surface area contributed by atoms with Gasteiger partial charge < -0.3 is 0 Å². The Kier molecular flexibility index (Phi) is 2.55. The quantitative estimate of drug-likeness (QED) is 0.718. The third kappa shape index (κ3) is 1.78. The first-order valence-electron chi connectivity index (χ1n) is 5.06. The van der Waals surface area contributed by atoms with Crippen LogP contribution in [0.3, 0.4) is 0 Å². The predicted molar refractivity (Wildman–Crippen MR) is 57.5 cm³/mol. The van der Waals surface area contributed by atoms with Crippen molar-refractivity contribution >= 4 is 5.57 Å². The second-order valence-corrected chi connectivity index (χ2v) is 3.90. The van der Waals surface area contributed by atoms with Crippen LogP contribution in [0.1, 0.15) is 30.9 Å². The third-order valence-corrected chi connectivity index (χ3v) is 2.85. The number of hydrogen-bond donors (Lipinski definition) is 0. The average molecular weight is 201 g/mol. The van der Waals surface area contributed by atoms with Crippen molar-refractivity contribution in [1.82, 2.24) is 0 Å². The van der Waals surface area contributed by atoms with Crippen LogP contribution in [-0.2, 0) is 6.42 Å². The molecule has 0 saturated carbocycles. The molecule has 76 valence electrons. The second-order valence-electron chi connectivity index (χ2n) is 3.90. The molecule has 0 fully saturated rings. The van der Waals surface area contributed by atoms with E-state index in [0.29, 0.717) is 6.42 Å². The van der Waals surface area contributed by atoms with Crippen LogP contribution in [-0.4, -0.2) is 0 Å². The standard InChI is InChI=1S/C13H12FN/c1-9-7-10-4-5-11(14)8-13(10)12(9)3-2-6-15/h4-5,8H,2-3,7H2,1H3. The molecule has 0 bridgehead atoms. The predicted octanol–water partition coefficient (Wildman–Crippen LogP) is 3.46. The number of nitrogens with zero attached hydrogens (tertiary/aromatic N) is 1. The summed E-state index contributed by atoms with van der Waals surface area (Å²) >= 11 is 0. The Labute approximate surface area is 88.8 Å². The number of allylic oxidation sites excluding steroid dienone is 2. The first-order valence-corrected chi connectivity index (χ1v) is 5.06. The maximum Gasteiger partial charge on any atom is 0.123 e. The molecule has 0 saturated heterocycles. The SMILES string of the molecule is CC1=C(CCC#N)c2cc(F)ccc2C1. The van der Waals surface area contributed by atoms with Crippen LogP contribution < -0.4 is 0 Å². The van der Waals surface area contributed by atoms with Gasteiger partial charge in [-0.15, -0.1) is 0 Å². The van der Waals surface area contributed by atoms with Crippen molar-refractivity contribution in [3.05, 3.63) is 40.7 Å². The van der Waals surface area contributed by atoms with Crippen molar-refractivity contribution in [1.29, 1.82) is 5.26 Å². The molecule has 1 aliphatic carbocycles. The molecular weight excluding hydrogens is 189 g/mol. The third-order valence-electron chi connectivity index (χ3n) is 2.85. The highest BCUT2D eigenvalue weighted by Crippen LogP contribution is 2.35. The molecular formula is C13H12FN. The van der Waals surface area contributed by atoms with Crippen molar-refractivity contribution in [3.63, 3.8) is 0 Å². The molecule has 0 N–H and O–H groups in total. The summed E-state index contributed by atoms with van der Waals surface area (Å²) in [6, 6.07) is 7.05. The van der Waals surface area contributed by atoms with Gasteiger partial charge in [-0.2, -0.15) is 5.26 Å². The lowest BCUT2D eigenvalue weighted by Gasteiger charge is -2.04. The molecule has 2 rings (SSSR count).